The van der Waals surface area contributed by atoms with Crippen LogP contribution in [0.4, 0.5) is 0 Å². The number of hydroxylamine groups is 1. The predicted octanol–water partition coefficient (Wildman–Crippen LogP) is 4.66. The molecule has 0 aliphatic heterocycles. The van der Waals surface area contributed by atoms with Gasteiger partial charge in [0, 0.05) is 0 Å². The monoisotopic (exact) mass is 644 g/mol. The number of benzene rings is 2. The van der Waals surface area contributed by atoms with E-state index < -0.39 is 39.8 Å². The lowest BCUT2D eigenvalue weighted by Crippen LogP contribution is -2.58. The van der Waals surface area contributed by atoms with Crippen molar-refractivity contribution in [3.05, 3.63) is 71.8 Å². The second kappa shape index (κ2) is 18.4. The average Bonchev–Trinajstić information content (AvgIpc) is 3.01. The van der Waals surface area contributed by atoms with Crippen molar-refractivity contribution >= 4 is 33.9 Å². The predicted molar refractivity (Wildman–Crippen MR) is 173 cm³/mol. The van der Waals surface area contributed by atoms with E-state index in [4.69, 9.17) is 10.3 Å². The van der Waals surface area contributed by atoms with Crippen LogP contribution in [0, 0.1) is 24.7 Å². The molecule has 11 nitrogen and oxygen atoms in total. The first-order chi connectivity index (χ1) is 21.2. The molecule has 0 unspecified atom stereocenters. The van der Waals surface area contributed by atoms with Gasteiger partial charge in [-0.25, -0.2) is 10.5 Å². The highest BCUT2D eigenvalue weighted by atomic mass is 32.2. The third-order valence-electron chi connectivity index (χ3n) is 7.61. The van der Waals surface area contributed by atoms with E-state index >= 15 is 0 Å². The van der Waals surface area contributed by atoms with E-state index in [0.29, 0.717) is 6.42 Å². The van der Waals surface area contributed by atoms with Crippen LogP contribution in [0.25, 0.3) is 6.08 Å². The first-order valence-electron chi connectivity index (χ1n) is 15.3. The number of nitrogens with two attached hydrogens (primary N) is 1. The van der Waals surface area contributed by atoms with E-state index in [0.717, 1.165) is 43.2 Å². The summed E-state index contributed by atoms with van der Waals surface area (Å²) in [5.74, 6) is -2.78. The molecule has 2 aromatic carbocycles. The van der Waals surface area contributed by atoms with Crippen molar-refractivity contribution in [1.29, 1.82) is 0 Å². The van der Waals surface area contributed by atoms with Crippen molar-refractivity contribution in [1.82, 2.24) is 15.9 Å². The maximum absolute atomic E-state index is 13.5. The molecule has 6 N–H and O–H groups in total. The largest absolute Gasteiger partial charge is 0.320 e. The Morgan fingerprint density at radius 1 is 0.956 bits per heavy atom. The molecule has 0 radical (unpaired) electrons. The van der Waals surface area contributed by atoms with Crippen LogP contribution >= 0.6 is 0 Å². The van der Waals surface area contributed by atoms with Gasteiger partial charge in [-0.3, -0.25) is 29.6 Å². The van der Waals surface area contributed by atoms with Gasteiger partial charge in [-0.15, -0.1) is 0 Å². The highest BCUT2D eigenvalue weighted by Crippen LogP contribution is 2.27. The van der Waals surface area contributed by atoms with Crippen LogP contribution in [-0.2, 0) is 24.5 Å². The quantitative estimate of drug-likeness (QED) is 0.133. The van der Waals surface area contributed by atoms with Crippen LogP contribution in [0.3, 0.4) is 0 Å². The highest BCUT2D eigenvalue weighted by molar-refractivity contribution is 7.85. The molecule has 1 aliphatic rings. The van der Waals surface area contributed by atoms with Crippen LogP contribution in [-0.4, -0.2) is 53.0 Å². The maximum Gasteiger partial charge on any atom is 0.294 e. The smallest absolute Gasteiger partial charge is 0.294 e. The number of rotatable bonds is 11. The van der Waals surface area contributed by atoms with E-state index in [-0.39, 0.29) is 29.2 Å². The molecule has 248 valence electrons. The zero-order valence-corrected chi connectivity index (χ0v) is 27.4. The summed E-state index contributed by atoms with van der Waals surface area (Å²) in [5, 5.41) is 10.8. The lowest BCUT2D eigenvalue weighted by atomic mass is 9.82. The minimum absolute atomic E-state index is 0.0666. The van der Waals surface area contributed by atoms with Gasteiger partial charge in [0.05, 0.1) is 28.8 Å². The standard InChI is InChI=1S/C26H40N4O4.C7H8O3S/c1-18(2)17-23(22(25(32)29-34)16-10-13-20-11-6-4-7-12-20)24(31)28-30(26(33)19(3)27)21-14-8-5-9-15-21;1-6-2-4-7(5-3-6)11(8,9)10/h4,6-7,10-13,18-19,21-23,34H,5,8-9,14-17,27H2,1-3H3,(H,28,31)(H,29,32);2-5H,1H3,(H,8,9,10)/b13-10+;/t19-,22+,23-;/m1./s1. The normalized spacial score (nSPS) is 15.8. The SMILES string of the molecule is CC(C)C[C@@H](C(=O)NN(C(=O)[C@@H](C)N)C1CCCCC1)[C@H](C/C=C/c1ccccc1)C(=O)NO.Cc1ccc(S(=O)(=O)O)cc1. The summed E-state index contributed by atoms with van der Waals surface area (Å²) in [4.78, 5) is 39.0. The molecule has 1 fully saturated rings. The number of nitrogens with one attached hydrogen (secondary N) is 2. The first-order valence-corrected chi connectivity index (χ1v) is 16.8. The fraction of sp³-hybridized carbons (Fsp3) is 0.485. The Balaban J connectivity index is 0.000000537. The van der Waals surface area contributed by atoms with E-state index in [1.807, 2.05) is 63.3 Å². The van der Waals surface area contributed by atoms with Gasteiger partial charge >= 0.3 is 0 Å². The minimum Gasteiger partial charge on any atom is -0.320 e. The number of carbonyl (C=O) groups is 3. The van der Waals surface area contributed by atoms with Crippen molar-refractivity contribution in [3.63, 3.8) is 0 Å². The van der Waals surface area contributed by atoms with E-state index in [1.54, 1.807) is 24.5 Å². The number of amides is 3. The molecule has 0 saturated heterocycles. The highest BCUT2D eigenvalue weighted by Gasteiger charge is 2.36. The zero-order valence-electron chi connectivity index (χ0n) is 26.6. The lowest BCUT2D eigenvalue weighted by molar-refractivity contribution is -0.150. The number of nitrogens with zero attached hydrogens (tertiary/aromatic N) is 1. The van der Waals surface area contributed by atoms with Gasteiger partial charge in [-0.1, -0.05) is 93.3 Å². The van der Waals surface area contributed by atoms with Crippen LogP contribution < -0.4 is 16.6 Å². The maximum atomic E-state index is 13.5. The first kappa shape index (κ1) is 37.6. The molecular weight excluding hydrogens is 596 g/mol. The lowest BCUT2D eigenvalue weighted by Gasteiger charge is -2.37. The number of aryl methyl sites for hydroxylation is 1. The topological polar surface area (TPSA) is 179 Å². The molecule has 12 heteroatoms. The van der Waals surface area contributed by atoms with Gasteiger partial charge in [0.15, 0.2) is 0 Å². The number of allylic oxidation sites excluding steroid dienone is 1. The van der Waals surface area contributed by atoms with Crippen molar-refractivity contribution in [2.45, 2.75) is 89.6 Å². The Morgan fingerprint density at radius 2 is 1.56 bits per heavy atom. The van der Waals surface area contributed by atoms with Gasteiger partial charge in [-0.05, 0) is 63.1 Å². The molecule has 3 atom stereocenters. The third kappa shape index (κ3) is 12.7. The molecule has 0 aromatic heterocycles. The molecule has 1 saturated carbocycles. The number of hydrogen-bond acceptors (Lipinski definition) is 7. The molecule has 3 amide bonds. The van der Waals surface area contributed by atoms with E-state index in [9.17, 15) is 28.0 Å². The van der Waals surface area contributed by atoms with Gasteiger partial charge in [0.25, 0.3) is 16.0 Å². The Hall–Kier alpha value is -3.58. The molecule has 2 aromatic rings. The third-order valence-corrected chi connectivity index (χ3v) is 8.48. The second-order valence-electron chi connectivity index (χ2n) is 11.9. The summed E-state index contributed by atoms with van der Waals surface area (Å²) >= 11 is 0. The van der Waals surface area contributed by atoms with Gasteiger partial charge < -0.3 is 5.73 Å². The molecule has 0 spiro atoms. The molecule has 45 heavy (non-hydrogen) atoms. The zero-order chi connectivity index (χ0) is 33.6. The van der Waals surface area contributed by atoms with Crippen molar-refractivity contribution in [3.8, 4) is 0 Å². The summed E-state index contributed by atoms with van der Waals surface area (Å²) in [5.41, 5.74) is 12.4. The Morgan fingerprint density at radius 3 is 2.07 bits per heavy atom. The van der Waals surface area contributed by atoms with Crippen LogP contribution in [0.5, 0.6) is 0 Å². The average molecular weight is 645 g/mol. The van der Waals surface area contributed by atoms with Crippen LogP contribution in [0.15, 0.2) is 65.6 Å². The Labute approximate surface area is 266 Å². The number of hydrazine groups is 1. The number of hydrogen-bond donors (Lipinski definition) is 5. The fourth-order valence-corrected chi connectivity index (χ4v) is 5.69. The second-order valence-corrected chi connectivity index (χ2v) is 13.3. The van der Waals surface area contributed by atoms with Crippen LogP contribution in [0.2, 0.25) is 0 Å². The van der Waals surface area contributed by atoms with Crippen molar-refractivity contribution in [2.24, 2.45) is 23.5 Å². The summed E-state index contributed by atoms with van der Waals surface area (Å²) in [7, 11) is -4.02. The Kier molecular flexibility index (Phi) is 15.4. The summed E-state index contributed by atoms with van der Waals surface area (Å²) in [6.07, 6.45) is 9.08. The molecular formula is C33H48N4O7S. The molecule has 0 bridgehead atoms. The van der Waals surface area contributed by atoms with Gasteiger partial charge in [0.2, 0.25) is 11.8 Å². The molecule has 3 rings (SSSR count). The minimum atomic E-state index is -4.02. The fourth-order valence-electron chi connectivity index (χ4n) is 5.21. The van der Waals surface area contributed by atoms with Crippen molar-refractivity contribution in [2.75, 3.05) is 0 Å². The van der Waals surface area contributed by atoms with Crippen LogP contribution in [0.1, 0.15) is 76.8 Å². The summed E-state index contributed by atoms with van der Waals surface area (Å²) < 4.78 is 29.6. The summed E-state index contributed by atoms with van der Waals surface area (Å²) in [6, 6.07) is 14.8. The summed E-state index contributed by atoms with van der Waals surface area (Å²) in [6.45, 7) is 7.39. The molecule has 1 aliphatic carbocycles. The number of carbonyl (C=O) groups excluding carboxylic acids is 3. The van der Waals surface area contributed by atoms with Gasteiger partial charge in [-0.2, -0.15) is 8.42 Å². The van der Waals surface area contributed by atoms with E-state index in [1.165, 1.54) is 17.1 Å². The van der Waals surface area contributed by atoms with Gasteiger partial charge in [0.1, 0.15) is 0 Å². The molecule has 0 heterocycles. The van der Waals surface area contributed by atoms with Crippen molar-refractivity contribution < 1.29 is 32.6 Å². The Bertz CT molecular complexity index is 1360. The van der Waals surface area contributed by atoms with E-state index in [2.05, 4.69) is 5.43 Å².